The Morgan fingerprint density at radius 2 is 1.91 bits per heavy atom. The Morgan fingerprint density at radius 3 is 2.45 bits per heavy atom. The molecule has 0 aromatic heterocycles. The van der Waals surface area contributed by atoms with Crippen molar-refractivity contribution in [1.29, 1.82) is 0 Å². The van der Waals surface area contributed by atoms with E-state index < -0.39 is 24.0 Å². The molecule has 0 fully saturated rings. The molecule has 1 rings (SSSR count). The number of primary amides is 1. The number of carbonyl (C=O) groups is 2. The number of nitrogens with one attached hydrogen (secondary N) is 1. The molecule has 0 aliphatic carbocycles. The predicted octanol–water partition coefficient (Wildman–Crippen LogP) is 1.47. The minimum Gasteiger partial charge on any atom is -0.383 e. The van der Waals surface area contributed by atoms with Gasteiger partial charge in [0.1, 0.15) is 12.1 Å². The highest BCUT2D eigenvalue weighted by Gasteiger charge is 2.22. The first kappa shape index (κ1) is 17.9. The summed E-state index contributed by atoms with van der Waals surface area (Å²) in [5, 5.41) is 12.2. The van der Waals surface area contributed by atoms with E-state index in [2.05, 4.69) is 5.32 Å². The second-order valence-electron chi connectivity index (χ2n) is 5.66. The maximum Gasteiger partial charge on any atom is 0.249 e. The van der Waals surface area contributed by atoms with Gasteiger partial charge in [0.05, 0.1) is 0 Å². The average Bonchev–Trinajstić information content (AvgIpc) is 2.46. The summed E-state index contributed by atoms with van der Waals surface area (Å²) >= 11 is 0. The maximum atomic E-state index is 11.8. The Labute approximate surface area is 131 Å². The van der Waals surface area contributed by atoms with Gasteiger partial charge in [-0.3, -0.25) is 9.59 Å². The van der Waals surface area contributed by atoms with Gasteiger partial charge in [0, 0.05) is 0 Å². The van der Waals surface area contributed by atoms with Crippen LogP contribution in [0.1, 0.15) is 32.3 Å². The highest BCUT2D eigenvalue weighted by Crippen LogP contribution is 2.06. The van der Waals surface area contributed by atoms with E-state index >= 15 is 0 Å². The Morgan fingerprint density at radius 1 is 1.27 bits per heavy atom. The molecule has 1 aromatic rings. The fourth-order valence-corrected chi connectivity index (χ4v) is 1.97. The molecule has 22 heavy (non-hydrogen) atoms. The van der Waals surface area contributed by atoms with E-state index in [4.69, 9.17) is 5.73 Å². The number of aliphatic hydroxyl groups is 1. The van der Waals surface area contributed by atoms with Crippen LogP contribution in [-0.2, 0) is 9.59 Å². The van der Waals surface area contributed by atoms with Crippen molar-refractivity contribution in [3.63, 3.8) is 0 Å². The molecule has 2 amide bonds. The van der Waals surface area contributed by atoms with E-state index in [1.54, 1.807) is 6.08 Å². The first-order valence-corrected chi connectivity index (χ1v) is 7.39. The Kier molecular flexibility index (Phi) is 7.32. The van der Waals surface area contributed by atoms with E-state index in [1.807, 2.05) is 50.3 Å². The van der Waals surface area contributed by atoms with Gasteiger partial charge in [-0.1, -0.05) is 56.3 Å². The third-order valence-corrected chi connectivity index (χ3v) is 3.14. The van der Waals surface area contributed by atoms with Crippen molar-refractivity contribution in [2.24, 2.45) is 11.7 Å². The van der Waals surface area contributed by atoms with Gasteiger partial charge in [0.15, 0.2) is 0 Å². The Balaban J connectivity index is 2.57. The molecule has 4 N–H and O–H groups in total. The monoisotopic (exact) mass is 304 g/mol. The van der Waals surface area contributed by atoms with Crippen LogP contribution in [0, 0.1) is 5.92 Å². The number of benzene rings is 1. The summed E-state index contributed by atoms with van der Waals surface area (Å²) in [7, 11) is 0. The van der Waals surface area contributed by atoms with Crippen molar-refractivity contribution in [2.75, 3.05) is 0 Å². The van der Waals surface area contributed by atoms with Crippen LogP contribution in [0.3, 0.4) is 0 Å². The van der Waals surface area contributed by atoms with Crippen LogP contribution in [0.5, 0.6) is 0 Å². The fraction of sp³-hybridized carbons (Fsp3) is 0.412. The zero-order valence-electron chi connectivity index (χ0n) is 13.0. The van der Waals surface area contributed by atoms with Gasteiger partial charge in [0.2, 0.25) is 11.8 Å². The molecule has 5 nitrogen and oxygen atoms in total. The molecule has 0 radical (unpaired) electrons. The number of rotatable bonds is 8. The van der Waals surface area contributed by atoms with Crippen LogP contribution in [0.15, 0.2) is 36.4 Å². The molecule has 5 heteroatoms. The second-order valence-corrected chi connectivity index (χ2v) is 5.66. The van der Waals surface area contributed by atoms with Gasteiger partial charge in [-0.05, 0) is 24.3 Å². The van der Waals surface area contributed by atoms with Crippen LogP contribution in [0.4, 0.5) is 0 Å². The first-order valence-electron chi connectivity index (χ1n) is 7.39. The van der Waals surface area contributed by atoms with E-state index in [1.165, 1.54) is 0 Å². The van der Waals surface area contributed by atoms with Crippen molar-refractivity contribution in [3.8, 4) is 0 Å². The normalized spacial score (nSPS) is 14.0. The summed E-state index contributed by atoms with van der Waals surface area (Å²) in [5.74, 6) is -1.00. The number of hydrogen-bond donors (Lipinski definition) is 3. The lowest BCUT2D eigenvalue weighted by Gasteiger charge is -2.17. The molecular weight excluding hydrogens is 280 g/mol. The lowest BCUT2D eigenvalue weighted by Crippen LogP contribution is -2.48. The Hall–Kier alpha value is -2.14. The minimum atomic E-state index is -1.13. The van der Waals surface area contributed by atoms with Crippen molar-refractivity contribution >= 4 is 17.9 Å². The predicted molar refractivity (Wildman–Crippen MR) is 86.7 cm³/mol. The number of nitrogens with two attached hydrogens (primary N) is 1. The van der Waals surface area contributed by atoms with Crippen LogP contribution in [0.2, 0.25) is 0 Å². The summed E-state index contributed by atoms with van der Waals surface area (Å²) in [6.07, 6.45) is 3.13. The summed E-state index contributed by atoms with van der Waals surface area (Å²) in [6.45, 7) is 3.81. The molecule has 2 atom stereocenters. The van der Waals surface area contributed by atoms with E-state index in [-0.39, 0.29) is 12.3 Å². The fourth-order valence-electron chi connectivity index (χ4n) is 1.97. The van der Waals surface area contributed by atoms with Crippen LogP contribution in [0.25, 0.3) is 6.08 Å². The van der Waals surface area contributed by atoms with E-state index in [9.17, 15) is 14.7 Å². The van der Waals surface area contributed by atoms with Gasteiger partial charge in [-0.15, -0.1) is 0 Å². The summed E-state index contributed by atoms with van der Waals surface area (Å²) in [6, 6.07) is 8.78. The van der Waals surface area contributed by atoms with Crippen molar-refractivity contribution in [3.05, 3.63) is 42.0 Å². The molecule has 0 unspecified atom stereocenters. The number of carbonyl (C=O) groups excluding carboxylic acids is 2. The summed E-state index contributed by atoms with van der Waals surface area (Å²) in [5.41, 5.74) is 6.29. The van der Waals surface area contributed by atoms with Gasteiger partial charge in [0.25, 0.3) is 0 Å². The van der Waals surface area contributed by atoms with E-state index in [0.29, 0.717) is 6.42 Å². The van der Waals surface area contributed by atoms with Crippen LogP contribution < -0.4 is 11.1 Å². The van der Waals surface area contributed by atoms with Gasteiger partial charge in [-0.2, -0.15) is 0 Å². The molecular formula is C17H24N2O3. The standard InChI is InChI=1S/C17H24N2O3/c1-12(2)11-15(20)17(22)19-14(16(18)21)10-6-9-13-7-4-3-5-8-13/h3-9,12,14-15,20H,10-11H2,1-2H3,(H2,18,21)(H,19,22)/b9-6+/t14-,15-/m0/s1. The van der Waals surface area contributed by atoms with Gasteiger partial charge < -0.3 is 16.2 Å². The molecule has 0 aliphatic heterocycles. The van der Waals surface area contributed by atoms with E-state index in [0.717, 1.165) is 5.56 Å². The topological polar surface area (TPSA) is 92.4 Å². The maximum absolute atomic E-state index is 11.8. The number of hydrogen-bond acceptors (Lipinski definition) is 3. The quantitative estimate of drug-likeness (QED) is 0.679. The highest BCUT2D eigenvalue weighted by atomic mass is 16.3. The number of amides is 2. The Bertz CT molecular complexity index is 512. The zero-order valence-corrected chi connectivity index (χ0v) is 13.0. The molecule has 0 heterocycles. The summed E-state index contributed by atoms with van der Waals surface area (Å²) < 4.78 is 0. The minimum absolute atomic E-state index is 0.186. The smallest absolute Gasteiger partial charge is 0.249 e. The van der Waals surface area contributed by atoms with Crippen LogP contribution >= 0.6 is 0 Å². The van der Waals surface area contributed by atoms with Gasteiger partial charge >= 0.3 is 0 Å². The third kappa shape index (κ3) is 6.54. The molecule has 120 valence electrons. The van der Waals surface area contributed by atoms with Crippen LogP contribution in [-0.4, -0.2) is 29.1 Å². The lowest BCUT2D eigenvalue weighted by molar-refractivity contribution is -0.133. The second kappa shape index (κ2) is 9.00. The highest BCUT2D eigenvalue weighted by molar-refractivity contribution is 5.88. The average molecular weight is 304 g/mol. The molecule has 0 aliphatic rings. The van der Waals surface area contributed by atoms with Crippen molar-refractivity contribution in [2.45, 2.75) is 38.8 Å². The van der Waals surface area contributed by atoms with Crippen molar-refractivity contribution in [1.82, 2.24) is 5.32 Å². The third-order valence-electron chi connectivity index (χ3n) is 3.14. The van der Waals surface area contributed by atoms with Gasteiger partial charge in [-0.25, -0.2) is 0 Å². The number of aliphatic hydroxyl groups excluding tert-OH is 1. The molecule has 0 spiro atoms. The SMILES string of the molecule is CC(C)C[C@H](O)C(=O)N[C@@H](C/C=C/c1ccccc1)C(N)=O. The summed E-state index contributed by atoms with van der Waals surface area (Å²) in [4.78, 5) is 23.2. The molecule has 0 saturated carbocycles. The largest absolute Gasteiger partial charge is 0.383 e. The zero-order chi connectivity index (χ0) is 16.5. The van der Waals surface area contributed by atoms with Crippen molar-refractivity contribution < 1.29 is 14.7 Å². The molecule has 0 saturated heterocycles. The molecule has 0 bridgehead atoms. The molecule has 1 aromatic carbocycles. The lowest BCUT2D eigenvalue weighted by atomic mass is 10.0. The first-order chi connectivity index (χ1) is 10.4.